The Kier molecular flexibility index (Phi) is 12.1. The number of benzene rings is 3. The van der Waals surface area contributed by atoms with Crippen LogP contribution in [-0.4, -0.2) is 47.2 Å². The molecular formula is C31H43O6PSi. The maximum absolute atomic E-state index is 14.0. The van der Waals surface area contributed by atoms with Crippen LogP contribution in [0.15, 0.2) is 91.0 Å². The Hall–Kier alpha value is -2.09. The van der Waals surface area contributed by atoms with E-state index in [0.717, 1.165) is 15.9 Å². The minimum Gasteiger partial charge on any atom is -0.404 e. The molecule has 0 aliphatic rings. The number of hydrogen-bond donors (Lipinski definition) is 0. The van der Waals surface area contributed by atoms with Gasteiger partial charge in [-0.15, -0.1) is 0 Å². The zero-order valence-electron chi connectivity index (χ0n) is 23.9. The van der Waals surface area contributed by atoms with Gasteiger partial charge < -0.3 is 22.9 Å². The molecule has 0 saturated carbocycles. The molecular weight excluding hydrogens is 527 g/mol. The Balaban J connectivity index is 1.88. The lowest BCUT2D eigenvalue weighted by molar-refractivity contribution is -0.00107. The number of hydrogen-bond acceptors (Lipinski definition) is 6. The maximum atomic E-state index is 14.0. The van der Waals surface area contributed by atoms with E-state index in [-0.39, 0.29) is 31.5 Å². The minimum absolute atomic E-state index is 0.0588. The molecule has 3 aromatic carbocycles. The molecule has 3 aromatic rings. The number of rotatable bonds is 16. The van der Waals surface area contributed by atoms with E-state index in [1.54, 1.807) is 13.8 Å². The Morgan fingerprint density at radius 3 is 1.69 bits per heavy atom. The summed E-state index contributed by atoms with van der Waals surface area (Å²) in [6, 6.07) is 30.7. The highest BCUT2D eigenvalue weighted by Gasteiger charge is 2.51. The molecule has 1 atom stereocenters. The highest BCUT2D eigenvalue weighted by molar-refractivity contribution is 7.54. The fraction of sp³-hybridized carbons (Fsp3) is 0.419. The molecule has 0 fully saturated rings. The average Bonchev–Trinajstić information content (AvgIpc) is 2.93. The Labute approximate surface area is 235 Å². The molecule has 0 aliphatic carbocycles. The van der Waals surface area contributed by atoms with Gasteiger partial charge in [0.1, 0.15) is 0 Å². The first-order valence-corrected chi connectivity index (χ1v) is 17.2. The predicted molar refractivity (Wildman–Crippen MR) is 160 cm³/mol. The predicted octanol–water partition coefficient (Wildman–Crippen LogP) is 6.39. The lowest BCUT2D eigenvalue weighted by Gasteiger charge is -2.44. The van der Waals surface area contributed by atoms with Crippen molar-refractivity contribution < 1.29 is 27.5 Å². The van der Waals surface area contributed by atoms with Crippen molar-refractivity contribution in [3.8, 4) is 0 Å². The van der Waals surface area contributed by atoms with E-state index in [0.29, 0.717) is 13.2 Å². The highest BCUT2D eigenvalue weighted by atomic mass is 31.2. The van der Waals surface area contributed by atoms with Crippen LogP contribution < -0.4 is 10.4 Å². The van der Waals surface area contributed by atoms with Crippen molar-refractivity contribution >= 4 is 26.3 Å². The van der Waals surface area contributed by atoms with Gasteiger partial charge in [0.25, 0.3) is 8.32 Å². The molecule has 0 unspecified atom stereocenters. The van der Waals surface area contributed by atoms with Crippen molar-refractivity contribution in [3.63, 3.8) is 0 Å². The van der Waals surface area contributed by atoms with Crippen LogP contribution in [0.4, 0.5) is 0 Å². The summed E-state index contributed by atoms with van der Waals surface area (Å²) in [5.74, 6) is -0.903. The third-order valence-electron chi connectivity index (χ3n) is 6.48. The first kappa shape index (κ1) is 31.4. The molecule has 6 nitrogen and oxygen atoms in total. The summed E-state index contributed by atoms with van der Waals surface area (Å²) in [7, 11) is -6.52. The summed E-state index contributed by atoms with van der Waals surface area (Å²) in [6.07, 6.45) is 0. The molecule has 0 heterocycles. The quantitative estimate of drug-likeness (QED) is 0.113. The molecule has 0 spiro atoms. The maximum Gasteiger partial charge on any atom is 0.361 e. The second-order valence-electron chi connectivity index (χ2n) is 10.2. The van der Waals surface area contributed by atoms with E-state index >= 15 is 0 Å². The molecule has 0 radical (unpaired) electrons. The van der Waals surface area contributed by atoms with Crippen molar-refractivity contribution in [3.05, 3.63) is 96.6 Å². The van der Waals surface area contributed by atoms with Gasteiger partial charge in [-0.2, -0.15) is 0 Å². The number of ether oxygens (including phenoxy) is 2. The van der Waals surface area contributed by atoms with E-state index in [2.05, 4.69) is 45.0 Å². The standard InChI is InChI=1S/C31H43O6PSi/c1-6-35-38(32,36-7-2)30(34-24-23-33-25-27-17-11-8-12-18-27)26-37-39(31(3,4)5,28-19-13-9-14-20-28)29-21-15-10-16-22-29/h8-22,30H,6-7,23-26H2,1-5H3/t30-/m0/s1. The van der Waals surface area contributed by atoms with E-state index in [1.807, 2.05) is 66.7 Å². The van der Waals surface area contributed by atoms with Crippen LogP contribution in [0.3, 0.4) is 0 Å². The summed E-state index contributed by atoms with van der Waals surface area (Å²) in [5, 5.41) is 2.04. The zero-order valence-corrected chi connectivity index (χ0v) is 25.8. The van der Waals surface area contributed by atoms with Gasteiger partial charge in [-0.25, -0.2) is 0 Å². The summed E-state index contributed by atoms with van der Waals surface area (Å²) in [5.41, 5.74) is 1.08. The van der Waals surface area contributed by atoms with E-state index in [9.17, 15) is 4.57 Å². The van der Waals surface area contributed by atoms with Crippen LogP contribution in [0.5, 0.6) is 0 Å². The molecule has 0 aliphatic heterocycles. The summed E-state index contributed by atoms with van der Waals surface area (Å²) in [4.78, 5) is 0. The Bertz CT molecular complexity index is 1090. The van der Waals surface area contributed by atoms with Crippen LogP contribution in [0, 0.1) is 0 Å². The van der Waals surface area contributed by atoms with Gasteiger partial charge in [0.2, 0.25) is 0 Å². The van der Waals surface area contributed by atoms with Gasteiger partial charge in [-0.1, -0.05) is 112 Å². The first-order valence-electron chi connectivity index (χ1n) is 13.6. The van der Waals surface area contributed by atoms with Crippen molar-refractivity contribution in [2.45, 2.75) is 52.1 Å². The van der Waals surface area contributed by atoms with E-state index < -0.39 is 21.8 Å². The van der Waals surface area contributed by atoms with Gasteiger partial charge >= 0.3 is 7.60 Å². The van der Waals surface area contributed by atoms with Crippen LogP contribution >= 0.6 is 7.60 Å². The smallest absolute Gasteiger partial charge is 0.361 e. The lowest BCUT2D eigenvalue weighted by Crippen LogP contribution is -2.67. The molecule has 0 bridgehead atoms. The zero-order chi connectivity index (χ0) is 28.2. The molecule has 0 amide bonds. The average molecular weight is 571 g/mol. The fourth-order valence-electron chi connectivity index (χ4n) is 4.76. The van der Waals surface area contributed by atoms with Crippen LogP contribution in [0.25, 0.3) is 0 Å². The molecule has 0 aromatic heterocycles. The summed E-state index contributed by atoms with van der Waals surface area (Å²) in [6.45, 7) is 11.8. The van der Waals surface area contributed by atoms with Crippen molar-refractivity contribution in [1.82, 2.24) is 0 Å². The van der Waals surface area contributed by atoms with Crippen molar-refractivity contribution in [2.24, 2.45) is 0 Å². The molecule has 39 heavy (non-hydrogen) atoms. The lowest BCUT2D eigenvalue weighted by atomic mass is 10.2. The Morgan fingerprint density at radius 2 is 1.23 bits per heavy atom. The van der Waals surface area contributed by atoms with E-state index in [4.69, 9.17) is 22.9 Å². The SMILES string of the molecule is CCOP(=O)(OCC)[C@@H](CO[Si](c1ccccc1)(c1ccccc1)C(C)(C)C)OCCOCc1ccccc1. The van der Waals surface area contributed by atoms with Gasteiger partial charge in [-0.05, 0) is 34.8 Å². The largest absolute Gasteiger partial charge is 0.404 e. The van der Waals surface area contributed by atoms with Gasteiger partial charge in [0, 0.05) is 0 Å². The third kappa shape index (κ3) is 8.21. The summed E-state index contributed by atoms with van der Waals surface area (Å²) < 4.78 is 44.4. The second kappa shape index (κ2) is 15.1. The van der Waals surface area contributed by atoms with Crippen molar-refractivity contribution in [2.75, 3.05) is 33.0 Å². The molecule has 3 rings (SSSR count). The van der Waals surface area contributed by atoms with Gasteiger partial charge in [-0.3, -0.25) is 4.57 Å². The molecule has 0 saturated heterocycles. The monoisotopic (exact) mass is 570 g/mol. The van der Waals surface area contributed by atoms with Crippen LogP contribution in [-0.2, 0) is 34.1 Å². The van der Waals surface area contributed by atoms with E-state index in [1.165, 1.54) is 0 Å². The Morgan fingerprint density at radius 1 is 0.744 bits per heavy atom. The van der Waals surface area contributed by atoms with Gasteiger partial charge in [0.15, 0.2) is 5.85 Å². The molecule has 8 heteroatoms. The third-order valence-corrected chi connectivity index (χ3v) is 13.7. The van der Waals surface area contributed by atoms with Crippen LogP contribution in [0.1, 0.15) is 40.2 Å². The molecule has 212 valence electrons. The van der Waals surface area contributed by atoms with Crippen molar-refractivity contribution in [1.29, 1.82) is 0 Å². The fourth-order valence-corrected chi connectivity index (χ4v) is 11.1. The molecule has 0 N–H and O–H groups in total. The first-order chi connectivity index (χ1) is 18.8. The minimum atomic E-state index is -3.64. The topological polar surface area (TPSA) is 63.2 Å². The highest BCUT2D eigenvalue weighted by Crippen LogP contribution is 2.54. The van der Waals surface area contributed by atoms with Crippen LogP contribution in [0.2, 0.25) is 5.04 Å². The summed E-state index contributed by atoms with van der Waals surface area (Å²) >= 11 is 0. The normalized spacial score (nSPS) is 13.4. The van der Waals surface area contributed by atoms with Gasteiger partial charge in [0.05, 0.1) is 39.6 Å². The second-order valence-corrected chi connectivity index (χ2v) is 16.7.